The molecule has 2 amide bonds. The van der Waals surface area contributed by atoms with Gasteiger partial charge in [-0.25, -0.2) is 0 Å². The van der Waals surface area contributed by atoms with Crippen LogP contribution in [0.3, 0.4) is 0 Å². The summed E-state index contributed by atoms with van der Waals surface area (Å²) in [6, 6.07) is 11.5. The first kappa shape index (κ1) is 21.7. The number of anilines is 2. The lowest BCUT2D eigenvalue weighted by atomic mass is 9.98. The van der Waals surface area contributed by atoms with Gasteiger partial charge in [0.25, 0.3) is 0 Å². The molecule has 0 bridgehead atoms. The molecule has 0 atom stereocenters. The number of amides is 2. The molecule has 1 aliphatic carbocycles. The molecule has 5 rings (SSSR count). The molecule has 0 radical (unpaired) electrons. The quantitative estimate of drug-likeness (QED) is 0.729. The number of benzene rings is 1. The molecule has 1 N–H and O–H groups in total. The Bertz CT molecular complexity index is 945. The fourth-order valence-corrected chi connectivity index (χ4v) is 5.07. The first-order valence-electron chi connectivity index (χ1n) is 12.2. The molecule has 7 nitrogen and oxygen atoms in total. The van der Waals surface area contributed by atoms with Crippen molar-refractivity contribution in [2.75, 3.05) is 36.4 Å². The third kappa shape index (κ3) is 5.13. The molecule has 1 aromatic carbocycles. The van der Waals surface area contributed by atoms with Crippen molar-refractivity contribution in [2.24, 2.45) is 11.8 Å². The summed E-state index contributed by atoms with van der Waals surface area (Å²) in [5.41, 5.74) is 1.83. The van der Waals surface area contributed by atoms with Crippen molar-refractivity contribution >= 4 is 23.2 Å². The highest BCUT2D eigenvalue weighted by Gasteiger charge is 2.33. The van der Waals surface area contributed by atoms with E-state index in [2.05, 4.69) is 15.2 Å². The predicted molar refractivity (Wildman–Crippen MR) is 127 cm³/mol. The van der Waals surface area contributed by atoms with Gasteiger partial charge in [-0.1, -0.05) is 12.8 Å². The van der Waals surface area contributed by atoms with E-state index in [1.165, 1.54) is 12.8 Å². The van der Waals surface area contributed by atoms with Crippen molar-refractivity contribution in [3.8, 4) is 5.75 Å². The number of carbonyl (C=O) groups is 2. The van der Waals surface area contributed by atoms with Gasteiger partial charge in [0.15, 0.2) is 0 Å². The molecule has 33 heavy (non-hydrogen) atoms. The van der Waals surface area contributed by atoms with Gasteiger partial charge in [0.05, 0.1) is 17.8 Å². The van der Waals surface area contributed by atoms with Gasteiger partial charge < -0.3 is 19.9 Å². The lowest BCUT2D eigenvalue weighted by Crippen LogP contribution is -2.52. The molecule has 0 spiro atoms. The molecule has 3 aliphatic rings. The molecule has 1 aromatic heterocycles. The Morgan fingerprint density at radius 2 is 1.67 bits per heavy atom. The van der Waals surface area contributed by atoms with Gasteiger partial charge in [-0.3, -0.25) is 14.6 Å². The molecule has 1 saturated carbocycles. The minimum Gasteiger partial charge on any atom is -0.490 e. The third-order valence-electron chi connectivity index (χ3n) is 7.15. The summed E-state index contributed by atoms with van der Waals surface area (Å²) >= 11 is 0. The molecular weight excluding hydrogens is 416 g/mol. The molecule has 7 heteroatoms. The van der Waals surface area contributed by atoms with Crippen molar-refractivity contribution in [3.63, 3.8) is 0 Å². The summed E-state index contributed by atoms with van der Waals surface area (Å²) in [6.45, 7) is 2.98. The SMILES string of the molecule is O=C(Nc1ccc(OC2CCN(C(=O)C3CCCC3)CC2)cc1)C1CN(c2cccnc2)C1. The highest BCUT2D eigenvalue weighted by atomic mass is 16.5. The van der Waals surface area contributed by atoms with Crippen molar-refractivity contribution < 1.29 is 14.3 Å². The number of hydrogen-bond acceptors (Lipinski definition) is 5. The zero-order chi connectivity index (χ0) is 22.6. The summed E-state index contributed by atoms with van der Waals surface area (Å²) in [5, 5.41) is 3.01. The molecule has 2 aliphatic heterocycles. The van der Waals surface area contributed by atoms with Crippen molar-refractivity contribution in [1.29, 1.82) is 0 Å². The molecule has 174 valence electrons. The number of aromatic nitrogens is 1. The topological polar surface area (TPSA) is 74.8 Å². The maximum Gasteiger partial charge on any atom is 0.231 e. The molecular formula is C26H32N4O3. The van der Waals surface area contributed by atoms with Crippen LogP contribution in [-0.4, -0.2) is 54.0 Å². The second kappa shape index (κ2) is 9.81. The lowest BCUT2D eigenvalue weighted by Gasteiger charge is -2.39. The number of likely N-dealkylation sites (tertiary alicyclic amines) is 1. The van der Waals surface area contributed by atoms with Crippen LogP contribution in [0.25, 0.3) is 0 Å². The summed E-state index contributed by atoms with van der Waals surface area (Å²) < 4.78 is 6.15. The van der Waals surface area contributed by atoms with Crippen molar-refractivity contribution in [3.05, 3.63) is 48.8 Å². The van der Waals surface area contributed by atoms with Crippen molar-refractivity contribution in [1.82, 2.24) is 9.88 Å². The number of pyridine rings is 1. The van der Waals surface area contributed by atoms with Crippen LogP contribution in [0.15, 0.2) is 48.8 Å². The highest BCUT2D eigenvalue weighted by molar-refractivity contribution is 5.94. The summed E-state index contributed by atoms with van der Waals surface area (Å²) in [4.78, 5) is 33.5. The summed E-state index contributed by atoms with van der Waals surface area (Å²) in [5.74, 6) is 1.44. The normalized spacial score (nSPS) is 19.9. The zero-order valence-corrected chi connectivity index (χ0v) is 19.0. The van der Waals surface area contributed by atoms with Gasteiger partial charge in [-0.2, -0.15) is 0 Å². The first-order chi connectivity index (χ1) is 16.2. The van der Waals surface area contributed by atoms with Crippen molar-refractivity contribution in [2.45, 2.75) is 44.6 Å². The van der Waals surface area contributed by atoms with Crippen LogP contribution in [0.2, 0.25) is 0 Å². The van der Waals surface area contributed by atoms with Crippen LogP contribution in [0.1, 0.15) is 38.5 Å². The Hall–Kier alpha value is -3.09. The van der Waals surface area contributed by atoms with Crippen LogP contribution in [-0.2, 0) is 9.59 Å². The van der Waals surface area contributed by atoms with Crippen LogP contribution in [0, 0.1) is 11.8 Å². The van der Waals surface area contributed by atoms with E-state index in [1.54, 1.807) is 6.20 Å². The molecule has 2 aromatic rings. The Morgan fingerprint density at radius 3 is 2.33 bits per heavy atom. The fourth-order valence-electron chi connectivity index (χ4n) is 5.07. The predicted octanol–water partition coefficient (Wildman–Crippen LogP) is 3.72. The number of nitrogens with zero attached hydrogens (tertiary/aromatic N) is 3. The summed E-state index contributed by atoms with van der Waals surface area (Å²) in [6.07, 6.45) is 9.94. The molecule has 3 fully saturated rings. The number of hydrogen-bond donors (Lipinski definition) is 1. The van der Waals surface area contributed by atoms with Gasteiger partial charge in [-0.15, -0.1) is 0 Å². The third-order valence-corrected chi connectivity index (χ3v) is 7.15. The van der Waals surface area contributed by atoms with Gasteiger partial charge in [0, 0.05) is 56.8 Å². The number of ether oxygens (including phenoxy) is 1. The average Bonchev–Trinajstić information content (AvgIpc) is 3.35. The standard InChI is InChI=1S/C26H32N4O3/c31-25(20-17-30(18-20)22-6-3-13-27-16-22)28-21-7-9-23(10-8-21)33-24-11-14-29(15-12-24)26(32)19-4-1-2-5-19/h3,6-10,13,16,19-20,24H,1-2,4-5,11-12,14-15,17-18H2,(H,28,31). The average molecular weight is 449 g/mol. The largest absolute Gasteiger partial charge is 0.490 e. The smallest absolute Gasteiger partial charge is 0.231 e. The van der Waals surface area contributed by atoms with E-state index in [9.17, 15) is 9.59 Å². The van der Waals surface area contributed by atoms with Crippen LogP contribution < -0.4 is 15.0 Å². The minimum absolute atomic E-state index is 0.0155. The Kier molecular flexibility index (Phi) is 6.46. The second-order valence-electron chi connectivity index (χ2n) is 9.45. The highest BCUT2D eigenvalue weighted by Crippen LogP contribution is 2.29. The Morgan fingerprint density at radius 1 is 0.939 bits per heavy atom. The van der Waals surface area contributed by atoms with Gasteiger partial charge in [-0.05, 0) is 49.2 Å². The Balaban J connectivity index is 1.05. The van der Waals surface area contributed by atoms with Crippen LogP contribution in [0.5, 0.6) is 5.75 Å². The van der Waals surface area contributed by atoms with E-state index < -0.39 is 0 Å². The maximum absolute atomic E-state index is 12.6. The molecule has 3 heterocycles. The molecule has 0 unspecified atom stereocenters. The summed E-state index contributed by atoms with van der Waals surface area (Å²) in [7, 11) is 0. The lowest BCUT2D eigenvalue weighted by molar-refractivity contribution is -0.137. The van der Waals surface area contributed by atoms with Gasteiger partial charge in [0.1, 0.15) is 11.9 Å². The van der Waals surface area contributed by atoms with E-state index in [0.29, 0.717) is 19.0 Å². The number of carbonyl (C=O) groups excluding carboxylic acids is 2. The van der Waals surface area contributed by atoms with Crippen LogP contribution >= 0.6 is 0 Å². The number of nitrogens with one attached hydrogen (secondary N) is 1. The fraction of sp³-hybridized carbons (Fsp3) is 0.500. The van der Waals surface area contributed by atoms with Gasteiger partial charge in [0.2, 0.25) is 11.8 Å². The second-order valence-corrected chi connectivity index (χ2v) is 9.45. The maximum atomic E-state index is 12.6. The number of piperidine rings is 1. The van der Waals surface area contributed by atoms with E-state index in [4.69, 9.17) is 4.74 Å². The van der Waals surface area contributed by atoms with Gasteiger partial charge >= 0.3 is 0 Å². The van der Waals surface area contributed by atoms with E-state index in [0.717, 1.165) is 55.9 Å². The first-order valence-corrected chi connectivity index (χ1v) is 12.2. The monoisotopic (exact) mass is 448 g/mol. The van der Waals surface area contributed by atoms with E-state index >= 15 is 0 Å². The van der Waals surface area contributed by atoms with Crippen LogP contribution in [0.4, 0.5) is 11.4 Å². The van der Waals surface area contributed by atoms with E-state index in [1.807, 2.05) is 47.5 Å². The number of rotatable bonds is 6. The molecule has 2 saturated heterocycles. The van der Waals surface area contributed by atoms with E-state index in [-0.39, 0.29) is 23.8 Å². The minimum atomic E-state index is -0.0155. The Labute approximate surface area is 195 Å². The zero-order valence-electron chi connectivity index (χ0n) is 19.0.